The Balaban J connectivity index is 1.58. The summed E-state index contributed by atoms with van der Waals surface area (Å²) in [6.07, 6.45) is 5.56. The lowest BCUT2D eigenvalue weighted by molar-refractivity contribution is -0.133. The van der Waals surface area contributed by atoms with Gasteiger partial charge in [0.2, 0.25) is 11.9 Å². The maximum Gasteiger partial charge on any atom is 0.320 e. The van der Waals surface area contributed by atoms with E-state index in [4.69, 9.17) is 10.5 Å². The van der Waals surface area contributed by atoms with Crippen molar-refractivity contribution in [1.82, 2.24) is 24.7 Å². The first-order chi connectivity index (χ1) is 12.5. The minimum Gasteiger partial charge on any atom is -0.377 e. The highest BCUT2D eigenvalue weighted by molar-refractivity contribution is 5.79. The molecule has 0 aliphatic carbocycles. The molecule has 9 nitrogen and oxygen atoms in total. The quantitative estimate of drug-likeness (QED) is 0.827. The molecule has 2 fully saturated rings. The molecule has 0 bridgehead atoms. The maximum atomic E-state index is 12.7. The van der Waals surface area contributed by atoms with E-state index < -0.39 is 0 Å². The highest BCUT2D eigenvalue weighted by Crippen LogP contribution is 2.18. The Morgan fingerprint density at radius 2 is 1.96 bits per heavy atom. The summed E-state index contributed by atoms with van der Waals surface area (Å²) in [5.41, 5.74) is 6.28. The zero-order chi connectivity index (χ0) is 18.5. The SMILES string of the molecule is CN(Cc1cnc(N)nc1)C(=O)C[C@@H]1COCCN1C(=O)N1CCCC1. The first-order valence-electron chi connectivity index (χ1n) is 8.98. The van der Waals surface area contributed by atoms with Gasteiger partial charge in [-0.2, -0.15) is 0 Å². The summed E-state index contributed by atoms with van der Waals surface area (Å²) in [4.78, 5) is 38.5. The number of nitrogen functional groups attached to an aromatic ring is 1. The Hall–Kier alpha value is -2.42. The molecule has 2 saturated heterocycles. The summed E-state index contributed by atoms with van der Waals surface area (Å²) in [7, 11) is 1.73. The third-order valence-corrected chi connectivity index (χ3v) is 4.83. The molecule has 0 spiro atoms. The van der Waals surface area contributed by atoms with Gasteiger partial charge in [0.1, 0.15) is 0 Å². The second-order valence-corrected chi connectivity index (χ2v) is 6.80. The Morgan fingerprint density at radius 3 is 2.65 bits per heavy atom. The van der Waals surface area contributed by atoms with Crippen LogP contribution in [0.3, 0.4) is 0 Å². The number of nitrogens with two attached hydrogens (primary N) is 1. The summed E-state index contributed by atoms with van der Waals surface area (Å²) in [5, 5.41) is 0. The van der Waals surface area contributed by atoms with Crippen LogP contribution in [0.1, 0.15) is 24.8 Å². The largest absolute Gasteiger partial charge is 0.377 e. The van der Waals surface area contributed by atoms with Crippen LogP contribution < -0.4 is 5.73 Å². The van der Waals surface area contributed by atoms with E-state index in [2.05, 4.69) is 9.97 Å². The van der Waals surface area contributed by atoms with E-state index >= 15 is 0 Å². The van der Waals surface area contributed by atoms with Crippen molar-refractivity contribution in [2.75, 3.05) is 45.6 Å². The fourth-order valence-electron chi connectivity index (χ4n) is 3.33. The average Bonchev–Trinajstić information content (AvgIpc) is 3.18. The van der Waals surface area contributed by atoms with Crippen molar-refractivity contribution >= 4 is 17.9 Å². The predicted molar refractivity (Wildman–Crippen MR) is 95.1 cm³/mol. The van der Waals surface area contributed by atoms with Crippen molar-refractivity contribution in [3.05, 3.63) is 18.0 Å². The van der Waals surface area contributed by atoms with Crippen molar-refractivity contribution in [1.29, 1.82) is 0 Å². The van der Waals surface area contributed by atoms with Crippen LogP contribution in [0.4, 0.5) is 10.7 Å². The van der Waals surface area contributed by atoms with Crippen LogP contribution in [0, 0.1) is 0 Å². The van der Waals surface area contributed by atoms with Crippen LogP contribution >= 0.6 is 0 Å². The Morgan fingerprint density at radius 1 is 1.27 bits per heavy atom. The van der Waals surface area contributed by atoms with E-state index in [0.29, 0.717) is 26.3 Å². The van der Waals surface area contributed by atoms with Gasteiger partial charge in [-0.25, -0.2) is 14.8 Å². The third-order valence-electron chi connectivity index (χ3n) is 4.83. The summed E-state index contributed by atoms with van der Waals surface area (Å²) < 4.78 is 5.52. The van der Waals surface area contributed by atoms with Crippen molar-refractivity contribution in [2.24, 2.45) is 0 Å². The molecule has 26 heavy (non-hydrogen) atoms. The van der Waals surface area contributed by atoms with E-state index in [0.717, 1.165) is 31.5 Å². The van der Waals surface area contributed by atoms with Crippen LogP contribution in [-0.2, 0) is 16.1 Å². The highest BCUT2D eigenvalue weighted by Gasteiger charge is 2.33. The van der Waals surface area contributed by atoms with Gasteiger partial charge in [-0.05, 0) is 12.8 Å². The van der Waals surface area contributed by atoms with Crippen LogP contribution in [0.5, 0.6) is 0 Å². The number of hydrogen-bond donors (Lipinski definition) is 1. The Bertz CT molecular complexity index is 632. The lowest BCUT2D eigenvalue weighted by Crippen LogP contribution is -2.54. The van der Waals surface area contributed by atoms with E-state index in [-0.39, 0.29) is 30.3 Å². The van der Waals surface area contributed by atoms with Gasteiger partial charge >= 0.3 is 6.03 Å². The number of carbonyl (C=O) groups is 2. The second-order valence-electron chi connectivity index (χ2n) is 6.80. The van der Waals surface area contributed by atoms with Crippen molar-refractivity contribution < 1.29 is 14.3 Å². The molecule has 0 aromatic carbocycles. The monoisotopic (exact) mass is 362 g/mol. The molecule has 3 amide bonds. The number of hydrogen-bond acceptors (Lipinski definition) is 6. The van der Waals surface area contributed by atoms with Gasteiger partial charge in [0.05, 0.1) is 19.3 Å². The summed E-state index contributed by atoms with van der Waals surface area (Å²) >= 11 is 0. The number of rotatable bonds is 4. The number of urea groups is 1. The number of ether oxygens (including phenoxy) is 1. The molecule has 1 atom stereocenters. The summed E-state index contributed by atoms with van der Waals surface area (Å²) in [6, 6.07) is -0.201. The molecule has 0 radical (unpaired) electrons. The minimum absolute atomic E-state index is 0.0261. The van der Waals surface area contributed by atoms with E-state index in [9.17, 15) is 9.59 Å². The maximum absolute atomic E-state index is 12.7. The molecule has 3 heterocycles. The number of morpholine rings is 1. The van der Waals surface area contributed by atoms with Crippen molar-refractivity contribution in [3.8, 4) is 0 Å². The van der Waals surface area contributed by atoms with Gasteiger partial charge in [-0.15, -0.1) is 0 Å². The lowest BCUT2D eigenvalue weighted by atomic mass is 10.1. The van der Waals surface area contributed by atoms with Crippen LogP contribution in [-0.4, -0.2) is 82.5 Å². The Labute approximate surface area is 153 Å². The van der Waals surface area contributed by atoms with Crippen LogP contribution in [0.15, 0.2) is 12.4 Å². The van der Waals surface area contributed by atoms with E-state index in [1.165, 1.54) is 0 Å². The molecule has 9 heteroatoms. The van der Waals surface area contributed by atoms with Gasteiger partial charge in [-0.1, -0.05) is 0 Å². The highest BCUT2D eigenvalue weighted by atomic mass is 16.5. The van der Waals surface area contributed by atoms with Crippen LogP contribution in [0.25, 0.3) is 0 Å². The smallest absolute Gasteiger partial charge is 0.320 e. The van der Waals surface area contributed by atoms with Gasteiger partial charge < -0.3 is 25.2 Å². The number of aromatic nitrogens is 2. The summed E-state index contributed by atoms with van der Waals surface area (Å²) in [6.45, 7) is 3.43. The molecule has 0 saturated carbocycles. The minimum atomic E-state index is -0.227. The molecular formula is C17H26N6O3. The summed E-state index contributed by atoms with van der Waals surface area (Å²) in [5.74, 6) is 0.162. The molecule has 2 aliphatic heterocycles. The number of amides is 3. The molecule has 2 N–H and O–H groups in total. The average molecular weight is 362 g/mol. The lowest BCUT2D eigenvalue weighted by Gasteiger charge is -2.38. The third kappa shape index (κ3) is 4.40. The van der Waals surface area contributed by atoms with Crippen molar-refractivity contribution in [3.63, 3.8) is 0 Å². The normalized spacial score (nSPS) is 20.3. The number of anilines is 1. The molecule has 1 aromatic heterocycles. The first-order valence-corrected chi connectivity index (χ1v) is 8.98. The topological polar surface area (TPSA) is 105 Å². The number of carbonyl (C=O) groups excluding carboxylic acids is 2. The first kappa shape index (κ1) is 18.4. The molecule has 2 aliphatic rings. The van der Waals surface area contributed by atoms with E-state index in [1.807, 2.05) is 4.90 Å². The zero-order valence-corrected chi connectivity index (χ0v) is 15.1. The van der Waals surface area contributed by atoms with Gasteiger partial charge in [0.25, 0.3) is 0 Å². The molecule has 142 valence electrons. The van der Waals surface area contributed by atoms with Gasteiger partial charge in [-0.3, -0.25) is 4.79 Å². The van der Waals surface area contributed by atoms with Gasteiger partial charge in [0, 0.05) is 57.6 Å². The molecule has 1 aromatic rings. The standard InChI is InChI=1S/C17H26N6O3/c1-21(11-13-9-19-16(18)20-10-13)15(24)8-14-12-26-7-6-23(14)17(25)22-4-2-3-5-22/h9-10,14H,2-8,11-12H2,1H3,(H2,18,19,20)/t14-/m1/s1. The van der Waals surface area contributed by atoms with E-state index in [1.54, 1.807) is 29.2 Å². The molecule has 3 rings (SSSR count). The number of likely N-dealkylation sites (tertiary alicyclic amines) is 1. The molecular weight excluding hydrogens is 336 g/mol. The van der Waals surface area contributed by atoms with Crippen LogP contribution in [0.2, 0.25) is 0 Å². The Kier molecular flexibility index (Phi) is 5.87. The predicted octanol–water partition coefficient (Wildman–Crippen LogP) is 0.324. The van der Waals surface area contributed by atoms with Crippen molar-refractivity contribution in [2.45, 2.75) is 31.8 Å². The molecule has 0 unspecified atom stereocenters. The zero-order valence-electron chi connectivity index (χ0n) is 15.1. The number of nitrogens with zero attached hydrogens (tertiary/aromatic N) is 5. The second kappa shape index (κ2) is 8.31. The fourth-order valence-corrected chi connectivity index (χ4v) is 3.33. The fraction of sp³-hybridized carbons (Fsp3) is 0.647. The van der Waals surface area contributed by atoms with Gasteiger partial charge in [0.15, 0.2) is 0 Å².